The molecule has 3 aromatic rings. The number of hydrogen-bond acceptors (Lipinski definition) is 5. The number of anilines is 1. The molecule has 0 saturated carbocycles. The first kappa shape index (κ1) is 21.1. The number of nitrogens with zero attached hydrogens (tertiary/aromatic N) is 2. The molecule has 0 unspecified atom stereocenters. The first-order chi connectivity index (χ1) is 14.8. The average Bonchev–Trinajstić information content (AvgIpc) is 3.25. The predicted molar refractivity (Wildman–Crippen MR) is 117 cm³/mol. The molecule has 31 heavy (non-hydrogen) atoms. The summed E-state index contributed by atoms with van der Waals surface area (Å²) in [5.74, 6) is -0.332. The Morgan fingerprint density at radius 3 is 2.45 bits per heavy atom. The van der Waals surface area contributed by atoms with Crippen molar-refractivity contribution < 1.29 is 18.3 Å². The number of carbonyl (C=O) groups is 1. The number of aromatic amines is 1. The molecule has 2 heterocycles. The van der Waals surface area contributed by atoms with Crippen molar-refractivity contribution in [3.8, 4) is 17.0 Å². The van der Waals surface area contributed by atoms with Crippen LogP contribution in [0, 0.1) is 6.92 Å². The van der Waals surface area contributed by atoms with E-state index >= 15 is 0 Å². The Hall–Kier alpha value is -3.17. The van der Waals surface area contributed by atoms with E-state index in [1.165, 1.54) is 16.4 Å². The van der Waals surface area contributed by atoms with Crippen LogP contribution in [0.25, 0.3) is 11.3 Å². The van der Waals surface area contributed by atoms with Crippen LogP contribution < -0.4 is 5.32 Å². The fourth-order valence-electron chi connectivity index (χ4n) is 3.60. The molecule has 1 aliphatic rings. The minimum Gasteiger partial charge on any atom is -0.507 e. The standard InChI is InChI=1S/C22H24N4O4S/c1-15-5-10-18(21(27)13-15)19-14-20(25-24-19)22(28)23-16-6-8-17(9-7-16)31(29,30)26-11-3-2-4-12-26/h5-10,13-14,27H,2-4,11-12H2,1H3,(H,23,28)(H,24,25). The third-order valence-corrected chi connectivity index (χ3v) is 7.23. The number of sulfonamides is 1. The molecule has 1 fully saturated rings. The van der Waals surface area contributed by atoms with Gasteiger partial charge in [-0.25, -0.2) is 8.42 Å². The summed E-state index contributed by atoms with van der Waals surface area (Å²) in [6, 6.07) is 12.9. The topological polar surface area (TPSA) is 115 Å². The maximum absolute atomic E-state index is 12.7. The lowest BCUT2D eigenvalue weighted by Gasteiger charge is -2.25. The first-order valence-electron chi connectivity index (χ1n) is 10.1. The molecule has 9 heteroatoms. The van der Waals surface area contributed by atoms with Gasteiger partial charge in [-0.2, -0.15) is 9.40 Å². The molecule has 162 valence electrons. The second-order valence-corrected chi connectivity index (χ2v) is 9.57. The number of aryl methyl sites for hydroxylation is 1. The Balaban J connectivity index is 1.46. The van der Waals surface area contributed by atoms with E-state index in [0.717, 1.165) is 24.8 Å². The van der Waals surface area contributed by atoms with Gasteiger partial charge < -0.3 is 10.4 Å². The zero-order valence-electron chi connectivity index (χ0n) is 17.1. The number of nitrogens with one attached hydrogen (secondary N) is 2. The molecule has 3 N–H and O–H groups in total. The quantitative estimate of drug-likeness (QED) is 0.561. The van der Waals surface area contributed by atoms with E-state index in [4.69, 9.17) is 0 Å². The Labute approximate surface area is 181 Å². The summed E-state index contributed by atoms with van der Waals surface area (Å²) in [6.45, 7) is 2.95. The van der Waals surface area contributed by atoms with Gasteiger partial charge in [-0.3, -0.25) is 9.89 Å². The molecular formula is C22H24N4O4S. The van der Waals surface area contributed by atoms with Crippen molar-refractivity contribution in [1.82, 2.24) is 14.5 Å². The maximum atomic E-state index is 12.7. The Morgan fingerprint density at radius 1 is 1.06 bits per heavy atom. The molecule has 0 spiro atoms. The van der Waals surface area contributed by atoms with Crippen LogP contribution in [-0.4, -0.2) is 47.0 Å². The van der Waals surface area contributed by atoms with Crippen molar-refractivity contribution in [2.75, 3.05) is 18.4 Å². The minimum atomic E-state index is -3.51. The summed E-state index contributed by atoms with van der Waals surface area (Å²) in [5, 5.41) is 19.6. The van der Waals surface area contributed by atoms with E-state index < -0.39 is 15.9 Å². The van der Waals surface area contributed by atoms with Crippen LogP contribution in [0.15, 0.2) is 53.4 Å². The van der Waals surface area contributed by atoms with Gasteiger partial charge in [0.2, 0.25) is 10.0 Å². The molecule has 4 rings (SSSR count). The summed E-state index contributed by atoms with van der Waals surface area (Å²) in [4.78, 5) is 12.8. The Morgan fingerprint density at radius 2 is 1.77 bits per heavy atom. The van der Waals surface area contributed by atoms with Crippen molar-refractivity contribution in [2.24, 2.45) is 0 Å². The number of piperidine rings is 1. The van der Waals surface area contributed by atoms with E-state index in [1.54, 1.807) is 30.3 Å². The normalized spacial score (nSPS) is 15.0. The van der Waals surface area contributed by atoms with Gasteiger partial charge >= 0.3 is 0 Å². The molecule has 1 aromatic heterocycles. The highest BCUT2D eigenvalue weighted by molar-refractivity contribution is 7.89. The lowest BCUT2D eigenvalue weighted by atomic mass is 10.1. The number of aromatic hydroxyl groups is 1. The number of benzene rings is 2. The maximum Gasteiger partial charge on any atom is 0.273 e. The fraction of sp³-hybridized carbons (Fsp3) is 0.273. The van der Waals surface area contributed by atoms with Crippen molar-refractivity contribution in [1.29, 1.82) is 0 Å². The molecule has 8 nitrogen and oxygen atoms in total. The number of phenols is 1. The van der Waals surface area contributed by atoms with Crippen LogP contribution in [-0.2, 0) is 10.0 Å². The van der Waals surface area contributed by atoms with Crippen LogP contribution in [0.3, 0.4) is 0 Å². The van der Waals surface area contributed by atoms with Gasteiger partial charge in [0.1, 0.15) is 11.4 Å². The molecule has 1 amide bonds. The number of carbonyl (C=O) groups excluding carboxylic acids is 1. The second kappa shape index (κ2) is 8.52. The van der Waals surface area contributed by atoms with Gasteiger partial charge in [0.05, 0.1) is 10.6 Å². The Bertz CT molecular complexity index is 1200. The first-order valence-corrected chi connectivity index (χ1v) is 11.6. The number of amides is 1. The largest absolute Gasteiger partial charge is 0.507 e. The van der Waals surface area contributed by atoms with Gasteiger partial charge in [-0.15, -0.1) is 0 Å². The third kappa shape index (κ3) is 4.47. The van der Waals surface area contributed by atoms with Gasteiger partial charge in [-0.05, 0) is 67.8 Å². The number of H-pyrrole nitrogens is 1. The third-order valence-electron chi connectivity index (χ3n) is 5.32. The average molecular weight is 441 g/mol. The van der Waals surface area contributed by atoms with Crippen LogP contribution >= 0.6 is 0 Å². The van der Waals surface area contributed by atoms with Crippen molar-refractivity contribution in [3.63, 3.8) is 0 Å². The van der Waals surface area contributed by atoms with Gasteiger partial charge in [0.25, 0.3) is 5.91 Å². The molecule has 2 aromatic carbocycles. The zero-order chi connectivity index (χ0) is 22.0. The smallest absolute Gasteiger partial charge is 0.273 e. The highest BCUT2D eigenvalue weighted by Gasteiger charge is 2.25. The van der Waals surface area contributed by atoms with Crippen molar-refractivity contribution in [2.45, 2.75) is 31.1 Å². The van der Waals surface area contributed by atoms with Crippen LogP contribution in [0.5, 0.6) is 5.75 Å². The summed E-state index contributed by atoms with van der Waals surface area (Å²) >= 11 is 0. The molecule has 0 atom stereocenters. The van der Waals surface area contributed by atoms with E-state index in [2.05, 4.69) is 15.5 Å². The lowest BCUT2D eigenvalue weighted by molar-refractivity contribution is 0.102. The number of hydrogen-bond donors (Lipinski definition) is 3. The summed E-state index contributed by atoms with van der Waals surface area (Å²) in [5.41, 5.74) is 2.58. The number of phenolic OH excluding ortho intramolecular Hbond substituents is 1. The Kier molecular flexibility index (Phi) is 5.79. The SMILES string of the molecule is Cc1ccc(-c2cc(C(=O)Nc3ccc(S(=O)(=O)N4CCCCC4)cc3)[nH]n2)c(O)c1. The lowest BCUT2D eigenvalue weighted by Crippen LogP contribution is -2.35. The molecule has 0 bridgehead atoms. The van der Waals surface area contributed by atoms with E-state index in [1.807, 2.05) is 13.0 Å². The van der Waals surface area contributed by atoms with Gasteiger partial charge in [0, 0.05) is 24.3 Å². The van der Waals surface area contributed by atoms with Crippen LogP contribution in [0.2, 0.25) is 0 Å². The molecule has 0 aliphatic carbocycles. The number of aromatic nitrogens is 2. The minimum absolute atomic E-state index is 0.0870. The second-order valence-electron chi connectivity index (χ2n) is 7.63. The highest BCUT2D eigenvalue weighted by Crippen LogP contribution is 2.29. The van der Waals surface area contributed by atoms with E-state index in [9.17, 15) is 18.3 Å². The summed E-state index contributed by atoms with van der Waals surface area (Å²) < 4.78 is 27.0. The molecule has 1 aliphatic heterocycles. The van der Waals surface area contributed by atoms with Crippen LogP contribution in [0.4, 0.5) is 5.69 Å². The number of rotatable bonds is 5. The monoisotopic (exact) mass is 440 g/mol. The molecule has 1 saturated heterocycles. The summed E-state index contributed by atoms with van der Waals surface area (Å²) in [6.07, 6.45) is 2.80. The van der Waals surface area contributed by atoms with Gasteiger partial charge in [0.15, 0.2) is 0 Å². The highest BCUT2D eigenvalue weighted by atomic mass is 32.2. The van der Waals surface area contributed by atoms with Crippen molar-refractivity contribution in [3.05, 3.63) is 59.8 Å². The molecule has 0 radical (unpaired) electrons. The molecular weight excluding hydrogens is 416 g/mol. The zero-order valence-corrected chi connectivity index (χ0v) is 17.9. The predicted octanol–water partition coefficient (Wildman–Crippen LogP) is 3.52. The van der Waals surface area contributed by atoms with Crippen LogP contribution in [0.1, 0.15) is 35.3 Å². The van der Waals surface area contributed by atoms with E-state index in [0.29, 0.717) is 30.0 Å². The van der Waals surface area contributed by atoms with E-state index in [-0.39, 0.29) is 16.3 Å². The fourth-order valence-corrected chi connectivity index (χ4v) is 5.11. The van der Waals surface area contributed by atoms with Gasteiger partial charge in [-0.1, -0.05) is 12.5 Å². The summed E-state index contributed by atoms with van der Waals surface area (Å²) in [7, 11) is -3.51. The van der Waals surface area contributed by atoms with Crippen molar-refractivity contribution >= 4 is 21.6 Å².